The van der Waals surface area contributed by atoms with Crippen LogP contribution < -0.4 is 0 Å². The molecule has 0 saturated carbocycles. The van der Waals surface area contributed by atoms with Crippen LogP contribution in [-0.4, -0.2) is 25.7 Å². The lowest BCUT2D eigenvalue weighted by atomic mass is 10.3. The lowest BCUT2D eigenvalue weighted by Crippen LogP contribution is -2.28. The van der Waals surface area contributed by atoms with Crippen LogP contribution in [0.3, 0.4) is 0 Å². The second kappa shape index (κ2) is 7.53. The van der Waals surface area contributed by atoms with E-state index < -0.39 is 8.56 Å². The maximum absolute atomic E-state index is 4.78. The summed E-state index contributed by atoms with van der Waals surface area (Å²) in [6.45, 7) is 14.7. The molecule has 0 bridgehead atoms. The minimum atomic E-state index is -2.24. The summed E-state index contributed by atoms with van der Waals surface area (Å²) in [5, 5.41) is 0. The van der Waals surface area contributed by atoms with E-state index in [4.69, 9.17) is 14.0 Å². The molecule has 0 saturated heterocycles. The highest BCUT2D eigenvalue weighted by molar-refractivity contribution is 6.76. The first-order chi connectivity index (χ1) is 7.86. The van der Waals surface area contributed by atoms with Gasteiger partial charge in [-0.25, -0.2) is 0 Å². The molecule has 0 aliphatic carbocycles. The summed E-state index contributed by atoms with van der Waals surface area (Å²) in [6, 6.07) is 0. The van der Waals surface area contributed by atoms with E-state index >= 15 is 0 Å². The van der Waals surface area contributed by atoms with E-state index in [1.54, 1.807) is 0 Å². The highest BCUT2D eigenvalue weighted by atomic mass is 28.4. The molecule has 0 rings (SSSR count). The summed E-state index contributed by atoms with van der Waals surface area (Å²) in [6.07, 6.45) is 2.93. The van der Waals surface area contributed by atoms with Gasteiger partial charge in [0.15, 0.2) is 0 Å². The first-order valence-electron chi connectivity index (χ1n) is 6.52. The van der Waals surface area contributed by atoms with Crippen molar-refractivity contribution in [2.45, 2.75) is 67.4 Å². The number of hydrogen-bond donors (Lipinski definition) is 0. The topological polar surface area (TPSA) is 37.1 Å². The van der Waals surface area contributed by atoms with Crippen LogP contribution in [0.2, 0.25) is 6.55 Å². The fourth-order valence-electron chi connectivity index (χ4n) is 1.40. The summed E-state index contributed by atoms with van der Waals surface area (Å²) < 4.78 is 14.4. The average Bonchev–Trinajstić information content (AvgIpc) is 2.27. The molecular formula is C13H27N3Si. The van der Waals surface area contributed by atoms with Crippen molar-refractivity contribution >= 4 is 25.7 Å². The normalized spacial score (nSPS) is 18.2. The highest BCUT2D eigenvalue weighted by Crippen LogP contribution is 2.13. The first-order valence-corrected chi connectivity index (χ1v) is 8.87. The van der Waals surface area contributed by atoms with Gasteiger partial charge in [0.05, 0.1) is 0 Å². The summed E-state index contributed by atoms with van der Waals surface area (Å²) in [5.74, 6) is 0. The Balaban J connectivity index is 5.37. The quantitative estimate of drug-likeness (QED) is 0.503. The molecule has 0 spiro atoms. The van der Waals surface area contributed by atoms with Gasteiger partial charge in [0, 0.05) is 17.1 Å². The molecule has 0 atom stereocenters. The second-order valence-electron chi connectivity index (χ2n) is 4.57. The molecule has 0 heterocycles. The SMILES string of the molecule is CCC(C)=N[Si](C)(N=C(C)CC)N=C(C)CC. The summed E-state index contributed by atoms with van der Waals surface area (Å²) in [5.41, 5.74) is 3.46. The molecule has 3 nitrogen and oxygen atoms in total. The van der Waals surface area contributed by atoms with Gasteiger partial charge >= 0.3 is 8.56 Å². The Kier molecular flexibility index (Phi) is 7.19. The molecule has 0 aromatic rings. The van der Waals surface area contributed by atoms with Crippen LogP contribution in [-0.2, 0) is 0 Å². The predicted molar refractivity (Wildman–Crippen MR) is 81.8 cm³/mol. The fourth-order valence-corrected chi connectivity index (χ4v) is 4.19. The zero-order valence-electron chi connectivity index (χ0n) is 12.5. The minimum Gasteiger partial charge on any atom is -0.285 e. The van der Waals surface area contributed by atoms with E-state index in [0.29, 0.717) is 0 Å². The van der Waals surface area contributed by atoms with E-state index in [0.717, 1.165) is 36.4 Å². The zero-order valence-corrected chi connectivity index (χ0v) is 13.5. The molecule has 0 unspecified atom stereocenters. The number of nitrogens with zero attached hydrogens (tertiary/aromatic N) is 3. The van der Waals surface area contributed by atoms with E-state index in [2.05, 4.69) is 48.1 Å². The standard InChI is InChI=1S/C13H27N3Si/c1-8-11(4)14-17(7,15-12(5)9-2)16-13(6)10-3/h8-10H2,1-7H3. The van der Waals surface area contributed by atoms with Crippen molar-refractivity contribution in [3.63, 3.8) is 0 Å². The molecule has 0 fully saturated rings. The van der Waals surface area contributed by atoms with Gasteiger partial charge in [-0.2, -0.15) is 0 Å². The first kappa shape index (κ1) is 16.2. The molecule has 98 valence electrons. The van der Waals surface area contributed by atoms with Crippen molar-refractivity contribution in [1.82, 2.24) is 0 Å². The smallest absolute Gasteiger partial charge is 0.285 e. The van der Waals surface area contributed by atoms with Crippen molar-refractivity contribution in [2.75, 3.05) is 0 Å². The van der Waals surface area contributed by atoms with Crippen LogP contribution in [0, 0.1) is 0 Å². The molecular weight excluding hydrogens is 226 g/mol. The van der Waals surface area contributed by atoms with Gasteiger partial charge in [-0.15, -0.1) is 0 Å². The van der Waals surface area contributed by atoms with E-state index in [1.807, 2.05) is 0 Å². The van der Waals surface area contributed by atoms with Gasteiger partial charge in [-0.1, -0.05) is 20.8 Å². The van der Waals surface area contributed by atoms with Crippen LogP contribution in [0.4, 0.5) is 0 Å². The molecule has 0 radical (unpaired) electrons. The monoisotopic (exact) mass is 253 g/mol. The molecule has 0 aromatic heterocycles. The highest BCUT2D eigenvalue weighted by Gasteiger charge is 2.27. The Morgan fingerprint density at radius 2 is 0.941 bits per heavy atom. The van der Waals surface area contributed by atoms with Gasteiger partial charge in [0.25, 0.3) is 0 Å². The molecule has 0 N–H and O–H groups in total. The fraction of sp³-hybridized carbons (Fsp3) is 0.769. The number of rotatable bonds is 6. The maximum Gasteiger partial charge on any atom is 0.431 e. The summed E-state index contributed by atoms with van der Waals surface area (Å²) >= 11 is 0. The Morgan fingerprint density at radius 1 is 0.706 bits per heavy atom. The van der Waals surface area contributed by atoms with Crippen LogP contribution in [0.5, 0.6) is 0 Å². The molecule has 0 aromatic carbocycles. The van der Waals surface area contributed by atoms with Crippen LogP contribution in [0.1, 0.15) is 60.8 Å². The Morgan fingerprint density at radius 3 is 1.12 bits per heavy atom. The van der Waals surface area contributed by atoms with Gasteiger partial charge in [0.2, 0.25) is 0 Å². The number of hydrogen-bond acceptors (Lipinski definition) is 3. The Hall–Kier alpha value is -0.773. The third kappa shape index (κ3) is 6.51. The summed E-state index contributed by atoms with van der Waals surface area (Å²) in [4.78, 5) is 0. The molecule has 4 heteroatoms. The van der Waals surface area contributed by atoms with Crippen LogP contribution in [0.15, 0.2) is 14.0 Å². The molecule has 0 aliphatic heterocycles. The van der Waals surface area contributed by atoms with Crippen LogP contribution in [0.25, 0.3) is 0 Å². The van der Waals surface area contributed by atoms with Crippen LogP contribution >= 0.6 is 0 Å². The summed E-state index contributed by atoms with van der Waals surface area (Å²) in [7, 11) is -2.24. The average molecular weight is 253 g/mol. The third-order valence-corrected chi connectivity index (χ3v) is 5.16. The van der Waals surface area contributed by atoms with Crippen molar-refractivity contribution in [3.05, 3.63) is 0 Å². The van der Waals surface area contributed by atoms with Gasteiger partial charge in [0.1, 0.15) is 0 Å². The molecule has 17 heavy (non-hydrogen) atoms. The Bertz CT molecular complexity index is 279. The van der Waals surface area contributed by atoms with Gasteiger partial charge in [-0.3, -0.25) is 14.0 Å². The zero-order chi connectivity index (χ0) is 13.5. The lowest BCUT2D eigenvalue weighted by molar-refractivity contribution is 1.21. The third-order valence-electron chi connectivity index (χ3n) is 2.74. The second-order valence-corrected chi connectivity index (χ2v) is 7.19. The van der Waals surface area contributed by atoms with Crippen molar-refractivity contribution in [3.8, 4) is 0 Å². The minimum absolute atomic E-state index is 0.976. The predicted octanol–water partition coefficient (Wildman–Crippen LogP) is 4.17. The molecule has 0 amide bonds. The Labute approximate surface area is 107 Å². The van der Waals surface area contributed by atoms with Crippen molar-refractivity contribution in [2.24, 2.45) is 14.0 Å². The van der Waals surface area contributed by atoms with Crippen molar-refractivity contribution in [1.29, 1.82) is 0 Å². The van der Waals surface area contributed by atoms with Gasteiger partial charge < -0.3 is 0 Å². The van der Waals surface area contributed by atoms with Crippen molar-refractivity contribution < 1.29 is 0 Å². The largest absolute Gasteiger partial charge is 0.431 e. The van der Waals surface area contributed by atoms with E-state index in [9.17, 15) is 0 Å². The van der Waals surface area contributed by atoms with Gasteiger partial charge in [-0.05, 0) is 46.6 Å². The van der Waals surface area contributed by atoms with E-state index in [-0.39, 0.29) is 0 Å². The van der Waals surface area contributed by atoms with E-state index in [1.165, 1.54) is 0 Å². The lowest BCUT2D eigenvalue weighted by Gasteiger charge is -2.16. The molecule has 0 aliphatic rings. The maximum atomic E-state index is 4.78.